The number of aliphatic hydroxyl groups excluding tert-OH is 1. The number of ether oxygens (including phenoxy) is 2. The number of methoxy groups -OCH3 is 2. The smallest absolute Gasteiger partial charge is 0.290 e. The van der Waals surface area contributed by atoms with E-state index in [0.717, 1.165) is 16.7 Å². The van der Waals surface area contributed by atoms with Gasteiger partial charge in [-0.15, -0.1) is 0 Å². The molecular weight excluding hydrogens is 414 g/mol. The quantitative estimate of drug-likeness (QED) is 0.562. The van der Waals surface area contributed by atoms with Gasteiger partial charge in [-0.2, -0.15) is 0 Å². The number of amides is 1. The van der Waals surface area contributed by atoms with Crippen molar-refractivity contribution < 1.29 is 19.4 Å². The van der Waals surface area contributed by atoms with Crippen LogP contribution in [0.1, 0.15) is 22.7 Å². The van der Waals surface area contributed by atoms with Crippen LogP contribution in [0.3, 0.4) is 0 Å². The summed E-state index contributed by atoms with van der Waals surface area (Å²) in [5.41, 5.74) is 3.06. The summed E-state index contributed by atoms with van der Waals surface area (Å²) in [5.74, 6) is 0.728. The van der Waals surface area contributed by atoms with E-state index in [-0.39, 0.29) is 5.76 Å². The Balaban J connectivity index is 1.78. The van der Waals surface area contributed by atoms with Crippen molar-refractivity contribution in [2.45, 2.75) is 12.6 Å². The number of benzene rings is 3. The van der Waals surface area contributed by atoms with E-state index >= 15 is 0 Å². The van der Waals surface area contributed by atoms with Gasteiger partial charge < -0.3 is 19.5 Å². The van der Waals surface area contributed by atoms with Crippen molar-refractivity contribution in [2.24, 2.45) is 0 Å². The minimum atomic E-state index is -0.468. The number of hydrogen-bond donors (Lipinski definition) is 1. The van der Waals surface area contributed by atoms with Crippen LogP contribution in [0.15, 0.2) is 78.6 Å². The molecule has 0 fully saturated rings. The predicted molar refractivity (Wildman–Crippen MR) is 120 cm³/mol. The first kappa shape index (κ1) is 20.8. The second-order valence-electron chi connectivity index (χ2n) is 7.23. The standard InChI is InChI=1S/C25H22ClNO4/c1-30-20-12-8-17(9-13-20)22-23(18-6-10-19(26)11-7-18)27(25(29)24(22)28)15-16-4-3-5-21(14-16)31-2/h3-14,23,28H,15H2,1-2H3. The highest BCUT2D eigenvalue weighted by atomic mass is 35.5. The second kappa shape index (κ2) is 8.74. The molecule has 3 aromatic rings. The lowest BCUT2D eigenvalue weighted by Crippen LogP contribution is -2.29. The summed E-state index contributed by atoms with van der Waals surface area (Å²) in [4.78, 5) is 14.8. The van der Waals surface area contributed by atoms with Gasteiger partial charge in [0, 0.05) is 17.1 Å². The molecule has 1 atom stereocenters. The molecule has 1 unspecified atom stereocenters. The number of rotatable bonds is 6. The van der Waals surface area contributed by atoms with Crippen LogP contribution in [0, 0.1) is 0 Å². The number of aliphatic hydroxyl groups is 1. The van der Waals surface area contributed by atoms with E-state index in [1.54, 1.807) is 31.3 Å². The van der Waals surface area contributed by atoms with E-state index in [1.807, 2.05) is 60.7 Å². The summed E-state index contributed by atoms with van der Waals surface area (Å²) >= 11 is 6.09. The minimum absolute atomic E-state index is 0.256. The van der Waals surface area contributed by atoms with Crippen molar-refractivity contribution in [1.82, 2.24) is 4.90 Å². The number of hydrogen-bond acceptors (Lipinski definition) is 4. The summed E-state index contributed by atoms with van der Waals surface area (Å²) in [5, 5.41) is 11.5. The van der Waals surface area contributed by atoms with Crippen LogP contribution in [-0.2, 0) is 11.3 Å². The average molecular weight is 436 g/mol. The maximum Gasteiger partial charge on any atom is 0.290 e. The molecule has 0 saturated heterocycles. The predicted octanol–water partition coefficient (Wildman–Crippen LogP) is 5.41. The van der Waals surface area contributed by atoms with Crippen LogP contribution in [0.5, 0.6) is 11.5 Å². The van der Waals surface area contributed by atoms with Gasteiger partial charge in [-0.05, 0) is 53.1 Å². The maximum absolute atomic E-state index is 13.2. The van der Waals surface area contributed by atoms with Crippen molar-refractivity contribution in [1.29, 1.82) is 0 Å². The van der Waals surface area contributed by atoms with Crippen LogP contribution < -0.4 is 9.47 Å². The van der Waals surface area contributed by atoms with Crippen molar-refractivity contribution in [3.63, 3.8) is 0 Å². The first-order valence-electron chi connectivity index (χ1n) is 9.78. The Morgan fingerprint density at radius 2 is 1.61 bits per heavy atom. The van der Waals surface area contributed by atoms with Crippen molar-refractivity contribution in [2.75, 3.05) is 14.2 Å². The Hall–Kier alpha value is -3.44. The fraction of sp³-hybridized carbons (Fsp3) is 0.160. The summed E-state index contributed by atoms with van der Waals surface area (Å²) < 4.78 is 10.6. The Morgan fingerprint density at radius 3 is 2.26 bits per heavy atom. The summed E-state index contributed by atoms with van der Waals surface area (Å²) in [6.45, 7) is 0.313. The van der Waals surface area contributed by atoms with Crippen molar-refractivity contribution in [3.8, 4) is 11.5 Å². The van der Waals surface area contributed by atoms with Crippen LogP contribution in [0.25, 0.3) is 5.57 Å². The molecule has 0 radical (unpaired) electrons. The highest BCUT2D eigenvalue weighted by Gasteiger charge is 2.41. The average Bonchev–Trinajstić information content (AvgIpc) is 3.05. The van der Waals surface area contributed by atoms with E-state index in [0.29, 0.717) is 28.6 Å². The number of carbonyl (C=O) groups is 1. The van der Waals surface area contributed by atoms with Gasteiger partial charge in [0.1, 0.15) is 11.5 Å². The van der Waals surface area contributed by atoms with Gasteiger partial charge in [-0.3, -0.25) is 4.79 Å². The lowest BCUT2D eigenvalue weighted by molar-refractivity contribution is -0.130. The third kappa shape index (κ3) is 4.09. The molecule has 3 aromatic carbocycles. The molecule has 1 aliphatic heterocycles. The zero-order valence-electron chi connectivity index (χ0n) is 17.2. The van der Waals surface area contributed by atoms with Gasteiger partial charge in [-0.25, -0.2) is 0 Å². The molecule has 1 aliphatic rings. The van der Waals surface area contributed by atoms with Crippen LogP contribution in [-0.4, -0.2) is 30.1 Å². The fourth-order valence-corrected chi connectivity index (χ4v) is 3.97. The molecule has 0 aliphatic carbocycles. The Morgan fingerprint density at radius 1 is 0.935 bits per heavy atom. The zero-order valence-corrected chi connectivity index (χ0v) is 18.0. The van der Waals surface area contributed by atoms with Crippen molar-refractivity contribution in [3.05, 3.63) is 100 Å². The molecule has 0 bridgehead atoms. The third-order valence-corrected chi connectivity index (χ3v) is 5.63. The van der Waals surface area contributed by atoms with E-state index in [2.05, 4.69) is 0 Å². The van der Waals surface area contributed by atoms with Gasteiger partial charge in [0.15, 0.2) is 5.76 Å². The number of halogens is 1. The Bertz CT molecular complexity index is 1120. The largest absolute Gasteiger partial charge is 0.503 e. The normalized spacial score (nSPS) is 16.0. The fourth-order valence-electron chi connectivity index (χ4n) is 3.84. The molecule has 0 aromatic heterocycles. The first-order chi connectivity index (χ1) is 15.0. The van der Waals surface area contributed by atoms with E-state index in [4.69, 9.17) is 21.1 Å². The summed E-state index contributed by atoms with van der Waals surface area (Å²) in [6.07, 6.45) is 0. The molecule has 5 nitrogen and oxygen atoms in total. The molecule has 0 saturated carbocycles. The molecule has 31 heavy (non-hydrogen) atoms. The Kier molecular flexibility index (Phi) is 5.87. The second-order valence-corrected chi connectivity index (χ2v) is 7.67. The molecular formula is C25H22ClNO4. The van der Waals surface area contributed by atoms with Crippen LogP contribution in [0.2, 0.25) is 5.02 Å². The number of nitrogens with zero attached hydrogens (tertiary/aromatic N) is 1. The van der Waals surface area contributed by atoms with Gasteiger partial charge in [0.2, 0.25) is 0 Å². The summed E-state index contributed by atoms with van der Waals surface area (Å²) in [6, 6.07) is 21.7. The SMILES string of the molecule is COc1ccc(C2=C(O)C(=O)N(Cc3cccc(OC)c3)C2c2ccc(Cl)cc2)cc1. The molecule has 4 rings (SSSR count). The third-order valence-electron chi connectivity index (χ3n) is 5.38. The van der Waals surface area contributed by atoms with Gasteiger partial charge in [0.25, 0.3) is 5.91 Å². The molecule has 158 valence electrons. The first-order valence-corrected chi connectivity index (χ1v) is 10.2. The van der Waals surface area contributed by atoms with Crippen molar-refractivity contribution >= 4 is 23.1 Å². The molecule has 6 heteroatoms. The van der Waals surface area contributed by atoms with Gasteiger partial charge in [-0.1, -0.05) is 48.0 Å². The number of carbonyl (C=O) groups excluding carboxylic acids is 1. The molecule has 1 heterocycles. The van der Waals surface area contributed by atoms with Crippen LogP contribution >= 0.6 is 11.6 Å². The van der Waals surface area contributed by atoms with Gasteiger partial charge >= 0.3 is 0 Å². The Labute approximate surface area is 186 Å². The molecule has 0 spiro atoms. The highest BCUT2D eigenvalue weighted by Crippen LogP contribution is 2.44. The van der Waals surface area contributed by atoms with E-state index < -0.39 is 11.9 Å². The lowest BCUT2D eigenvalue weighted by Gasteiger charge is -2.27. The minimum Gasteiger partial charge on any atom is -0.503 e. The van der Waals surface area contributed by atoms with Crippen LogP contribution in [0.4, 0.5) is 0 Å². The monoisotopic (exact) mass is 435 g/mol. The highest BCUT2D eigenvalue weighted by molar-refractivity contribution is 6.30. The lowest BCUT2D eigenvalue weighted by atomic mass is 9.93. The topological polar surface area (TPSA) is 59.0 Å². The zero-order chi connectivity index (χ0) is 22.0. The van der Waals surface area contributed by atoms with E-state index in [1.165, 1.54) is 0 Å². The van der Waals surface area contributed by atoms with E-state index in [9.17, 15) is 9.90 Å². The molecule has 1 amide bonds. The molecule has 1 N–H and O–H groups in total. The van der Waals surface area contributed by atoms with Gasteiger partial charge in [0.05, 0.1) is 20.3 Å². The summed E-state index contributed by atoms with van der Waals surface area (Å²) in [7, 11) is 3.20. The maximum atomic E-state index is 13.2.